The maximum absolute atomic E-state index is 5.32. The van der Waals surface area contributed by atoms with Gasteiger partial charge in [-0.3, -0.25) is 0 Å². The largest absolute Gasteiger partial charge is 0.408 e. The van der Waals surface area contributed by atoms with Crippen LogP contribution in [0, 0.1) is 5.41 Å². The van der Waals surface area contributed by atoms with Crippen molar-refractivity contribution in [2.45, 2.75) is 47.5 Å². The van der Waals surface area contributed by atoms with Gasteiger partial charge in [0.15, 0.2) is 0 Å². The van der Waals surface area contributed by atoms with Crippen LogP contribution in [0.25, 0.3) is 0 Å². The summed E-state index contributed by atoms with van der Waals surface area (Å²) in [4.78, 5) is 0. The van der Waals surface area contributed by atoms with E-state index in [9.17, 15) is 0 Å². The minimum absolute atomic E-state index is 0.124. The van der Waals surface area contributed by atoms with Gasteiger partial charge in [-0.25, -0.2) is 0 Å². The van der Waals surface area contributed by atoms with Crippen LogP contribution in [0.4, 0.5) is 6.01 Å². The summed E-state index contributed by atoms with van der Waals surface area (Å²) < 4.78 is 5.13. The average Bonchev–Trinajstić information content (AvgIpc) is 2.52. The first-order valence-corrected chi connectivity index (χ1v) is 5.00. The third-order valence-electron chi connectivity index (χ3n) is 2.13. The van der Waals surface area contributed by atoms with Crippen LogP contribution in [0.3, 0.4) is 0 Å². The molecule has 0 saturated heterocycles. The summed E-state index contributed by atoms with van der Waals surface area (Å²) in [5.41, 5.74) is 5.44. The van der Waals surface area contributed by atoms with E-state index < -0.39 is 0 Å². The number of nitrogens with two attached hydrogens (primary N) is 1. The summed E-state index contributed by atoms with van der Waals surface area (Å²) in [5, 5.41) is 7.45. The molecule has 0 aliphatic heterocycles. The maximum Gasteiger partial charge on any atom is 0.312 e. The summed E-state index contributed by atoms with van der Waals surface area (Å²) in [6, 6.07) is 0.140. The van der Waals surface area contributed by atoms with Crippen LogP contribution >= 0.6 is 0 Å². The van der Waals surface area contributed by atoms with Crippen molar-refractivity contribution in [3.63, 3.8) is 0 Å². The molecule has 0 saturated carbocycles. The maximum atomic E-state index is 5.32. The first-order chi connectivity index (χ1) is 6.41. The van der Waals surface area contributed by atoms with Gasteiger partial charge in [0, 0.05) is 5.92 Å². The van der Waals surface area contributed by atoms with Crippen LogP contribution < -0.4 is 5.73 Å². The van der Waals surface area contributed by atoms with Crippen molar-refractivity contribution in [3.8, 4) is 0 Å². The zero-order valence-corrected chi connectivity index (χ0v) is 9.96. The van der Waals surface area contributed by atoms with Gasteiger partial charge in [0.25, 0.3) is 0 Å². The summed E-state index contributed by atoms with van der Waals surface area (Å²) >= 11 is 0. The Balaban J connectivity index is 0.000000791. The van der Waals surface area contributed by atoms with Gasteiger partial charge in [0.1, 0.15) is 0 Å². The molecule has 1 aromatic heterocycles. The van der Waals surface area contributed by atoms with Crippen LogP contribution in [0.5, 0.6) is 0 Å². The van der Waals surface area contributed by atoms with Gasteiger partial charge in [-0.15, -0.1) is 5.10 Å². The summed E-state index contributed by atoms with van der Waals surface area (Å²) in [7, 11) is 0. The zero-order chi connectivity index (χ0) is 11.4. The highest BCUT2D eigenvalue weighted by Crippen LogP contribution is 2.33. The van der Waals surface area contributed by atoms with Crippen molar-refractivity contribution >= 4 is 6.01 Å². The van der Waals surface area contributed by atoms with E-state index >= 15 is 0 Å². The molecule has 1 rings (SSSR count). The molecule has 0 spiro atoms. The normalized spacial score (nSPS) is 13.0. The molecule has 1 aromatic rings. The van der Waals surface area contributed by atoms with Crippen molar-refractivity contribution in [1.29, 1.82) is 0 Å². The van der Waals surface area contributed by atoms with Gasteiger partial charge in [0.05, 0.1) is 0 Å². The van der Waals surface area contributed by atoms with Crippen molar-refractivity contribution in [2.24, 2.45) is 5.41 Å². The number of aromatic nitrogens is 2. The Bertz CT molecular complexity index is 263. The molecule has 0 aliphatic rings. The molecule has 1 heterocycles. The molecule has 0 aromatic carbocycles. The molecule has 0 fully saturated rings. The van der Waals surface area contributed by atoms with Gasteiger partial charge in [-0.05, 0) is 5.41 Å². The Morgan fingerprint density at radius 1 is 1.21 bits per heavy atom. The monoisotopic (exact) mass is 199 g/mol. The number of hydrogen-bond acceptors (Lipinski definition) is 4. The Hall–Kier alpha value is -1.06. The fraction of sp³-hybridized carbons (Fsp3) is 0.800. The van der Waals surface area contributed by atoms with Crippen molar-refractivity contribution in [1.82, 2.24) is 10.2 Å². The quantitative estimate of drug-likeness (QED) is 0.755. The van der Waals surface area contributed by atoms with Crippen molar-refractivity contribution < 1.29 is 4.42 Å². The highest BCUT2D eigenvalue weighted by Gasteiger charge is 2.26. The molecule has 0 amide bonds. The van der Waals surface area contributed by atoms with Gasteiger partial charge in [-0.1, -0.05) is 46.6 Å². The molecular formula is C10H21N3O. The van der Waals surface area contributed by atoms with Crippen LogP contribution in [0.1, 0.15) is 53.4 Å². The fourth-order valence-corrected chi connectivity index (χ4v) is 0.792. The molecule has 0 bridgehead atoms. The Morgan fingerprint density at radius 3 is 2.00 bits per heavy atom. The fourth-order valence-electron chi connectivity index (χ4n) is 0.792. The lowest BCUT2D eigenvalue weighted by atomic mass is 9.82. The van der Waals surface area contributed by atoms with E-state index in [0.717, 1.165) is 0 Å². The molecule has 1 atom stereocenters. The van der Waals surface area contributed by atoms with E-state index in [1.165, 1.54) is 0 Å². The summed E-state index contributed by atoms with van der Waals surface area (Å²) in [5.74, 6) is 0.835. The topological polar surface area (TPSA) is 64.9 Å². The minimum atomic E-state index is 0.124. The minimum Gasteiger partial charge on any atom is -0.408 e. The Labute approximate surface area is 85.9 Å². The Morgan fingerprint density at radius 2 is 1.71 bits per heavy atom. The van der Waals surface area contributed by atoms with Crippen LogP contribution in [-0.4, -0.2) is 10.2 Å². The number of anilines is 1. The Kier molecular flexibility index (Phi) is 4.60. The molecule has 4 heteroatoms. The molecule has 2 N–H and O–H groups in total. The molecule has 0 radical (unpaired) electrons. The van der Waals surface area contributed by atoms with Crippen molar-refractivity contribution in [2.75, 3.05) is 5.73 Å². The number of nitrogens with zero attached hydrogens (tertiary/aromatic N) is 2. The highest BCUT2D eigenvalue weighted by atomic mass is 16.4. The van der Waals surface area contributed by atoms with Crippen LogP contribution in [0.15, 0.2) is 4.42 Å². The molecule has 1 unspecified atom stereocenters. The number of hydrogen-bond donors (Lipinski definition) is 1. The SMILES string of the molecule is CC.CC(c1nnc(N)o1)C(C)(C)C. The lowest BCUT2D eigenvalue weighted by Crippen LogP contribution is -2.15. The van der Waals surface area contributed by atoms with Crippen LogP contribution in [-0.2, 0) is 0 Å². The lowest BCUT2D eigenvalue weighted by molar-refractivity contribution is 0.291. The third-order valence-corrected chi connectivity index (χ3v) is 2.13. The van der Waals surface area contributed by atoms with Gasteiger partial charge in [-0.2, -0.15) is 0 Å². The second-order valence-corrected chi connectivity index (χ2v) is 4.07. The summed E-state index contributed by atoms with van der Waals surface area (Å²) in [6.45, 7) is 12.4. The van der Waals surface area contributed by atoms with Crippen LogP contribution in [0.2, 0.25) is 0 Å². The van der Waals surface area contributed by atoms with Crippen molar-refractivity contribution in [3.05, 3.63) is 5.89 Å². The standard InChI is InChI=1S/C8H15N3O.C2H6/c1-5(8(2,3)4)6-10-11-7(9)12-6;1-2/h5H,1-4H3,(H2,9,11);1-2H3. The van der Waals surface area contributed by atoms with E-state index in [1.54, 1.807) is 0 Å². The second kappa shape index (κ2) is 4.98. The molecule has 0 aliphatic carbocycles. The van der Waals surface area contributed by atoms with Gasteiger partial charge < -0.3 is 10.2 Å². The van der Waals surface area contributed by atoms with E-state index in [2.05, 4.69) is 31.0 Å². The van der Waals surface area contributed by atoms with Gasteiger partial charge >= 0.3 is 6.01 Å². The zero-order valence-electron chi connectivity index (χ0n) is 9.96. The number of nitrogen functional groups attached to an aromatic ring is 1. The van der Waals surface area contributed by atoms with E-state index in [0.29, 0.717) is 5.89 Å². The summed E-state index contributed by atoms with van der Waals surface area (Å²) in [6.07, 6.45) is 0. The predicted molar refractivity (Wildman–Crippen MR) is 57.9 cm³/mol. The van der Waals surface area contributed by atoms with E-state index in [4.69, 9.17) is 10.2 Å². The smallest absolute Gasteiger partial charge is 0.312 e. The molecule has 82 valence electrons. The molecular weight excluding hydrogens is 178 g/mol. The first-order valence-electron chi connectivity index (χ1n) is 5.00. The highest BCUT2D eigenvalue weighted by molar-refractivity contribution is 5.07. The third kappa shape index (κ3) is 3.36. The van der Waals surface area contributed by atoms with Gasteiger partial charge in [0.2, 0.25) is 5.89 Å². The lowest BCUT2D eigenvalue weighted by Gasteiger charge is -2.23. The molecule has 14 heavy (non-hydrogen) atoms. The first kappa shape index (κ1) is 12.9. The average molecular weight is 199 g/mol. The van der Waals surface area contributed by atoms with E-state index in [1.807, 2.05) is 20.8 Å². The van der Waals surface area contributed by atoms with E-state index in [-0.39, 0.29) is 17.3 Å². The number of rotatable bonds is 1. The molecule has 4 nitrogen and oxygen atoms in total. The second-order valence-electron chi connectivity index (χ2n) is 4.07. The predicted octanol–water partition coefficient (Wildman–Crippen LogP) is 2.83.